The maximum absolute atomic E-state index is 12.7. The Hall–Kier alpha value is -3.58. The average Bonchev–Trinajstić information content (AvgIpc) is 3.34. The largest absolute Gasteiger partial charge is 0.289 e. The Morgan fingerprint density at radius 2 is 1.83 bits per heavy atom. The molecule has 0 aliphatic rings. The van der Waals surface area contributed by atoms with Gasteiger partial charge < -0.3 is 0 Å². The van der Waals surface area contributed by atoms with Gasteiger partial charge in [0.15, 0.2) is 5.65 Å². The van der Waals surface area contributed by atoms with E-state index in [1.165, 1.54) is 10.1 Å². The highest BCUT2D eigenvalue weighted by Crippen LogP contribution is 2.26. The Bertz CT molecular complexity index is 1410. The van der Waals surface area contributed by atoms with Gasteiger partial charge >= 0.3 is 0 Å². The SMILES string of the molecule is Cc1cccc(-c2[nH]n3c(=O)cc(Cc4csc(-c5ccncc5)n4)nc3c2C)c1. The molecule has 0 unspecified atom stereocenters. The molecule has 0 fully saturated rings. The molecule has 7 heteroatoms. The number of thiazole rings is 1. The summed E-state index contributed by atoms with van der Waals surface area (Å²) in [4.78, 5) is 26.3. The van der Waals surface area contributed by atoms with Gasteiger partial charge in [-0.25, -0.2) is 14.5 Å². The molecule has 0 aliphatic heterocycles. The van der Waals surface area contributed by atoms with Gasteiger partial charge in [0.05, 0.1) is 17.1 Å². The summed E-state index contributed by atoms with van der Waals surface area (Å²) in [6.07, 6.45) is 4.03. The minimum atomic E-state index is -0.124. The third-order valence-electron chi connectivity index (χ3n) is 5.05. The molecule has 4 aromatic heterocycles. The van der Waals surface area contributed by atoms with E-state index in [1.54, 1.807) is 29.8 Å². The van der Waals surface area contributed by atoms with Crippen molar-refractivity contribution in [3.63, 3.8) is 0 Å². The number of hydrogen-bond acceptors (Lipinski definition) is 5. The molecule has 30 heavy (non-hydrogen) atoms. The summed E-state index contributed by atoms with van der Waals surface area (Å²) in [6, 6.07) is 13.7. The van der Waals surface area contributed by atoms with Gasteiger partial charge in [-0.05, 0) is 32.0 Å². The molecule has 1 aromatic carbocycles. The predicted octanol–water partition coefficient (Wildman–Crippen LogP) is 4.42. The van der Waals surface area contributed by atoms with Gasteiger partial charge in [-0.3, -0.25) is 14.9 Å². The van der Waals surface area contributed by atoms with Crippen LogP contribution in [-0.4, -0.2) is 24.6 Å². The molecule has 0 spiro atoms. The number of pyridine rings is 1. The molecule has 5 aromatic rings. The zero-order valence-electron chi connectivity index (χ0n) is 16.6. The van der Waals surface area contributed by atoms with E-state index in [0.29, 0.717) is 17.8 Å². The van der Waals surface area contributed by atoms with Gasteiger partial charge in [0, 0.05) is 47.0 Å². The van der Waals surface area contributed by atoms with E-state index in [4.69, 9.17) is 9.97 Å². The Morgan fingerprint density at radius 3 is 2.63 bits per heavy atom. The fraction of sp³-hybridized carbons (Fsp3) is 0.130. The van der Waals surface area contributed by atoms with Gasteiger partial charge in [-0.1, -0.05) is 23.8 Å². The third-order valence-corrected chi connectivity index (χ3v) is 5.99. The Balaban J connectivity index is 1.51. The van der Waals surface area contributed by atoms with Crippen molar-refractivity contribution in [3.8, 4) is 21.8 Å². The maximum Gasteiger partial charge on any atom is 0.272 e. The van der Waals surface area contributed by atoms with Crippen molar-refractivity contribution in [2.45, 2.75) is 20.3 Å². The van der Waals surface area contributed by atoms with Gasteiger partial charge in [0.25, 0.3) is 5.56 Å². The lowest BCUT2D eigenvalue weighted by atomic mass is 10.1. The molecule has 148 valence electrons. The summed E-state index contributed by atoms with van der Waals surface area (Å²) in [5.74, 6) is 0. The summed E-state index contributed by atoms with van der Waals surface area (Å²) in [5, 5.41) is 6.16. The molecular weight excluding hydrogens is 394 g/mol. The fourth-order valence-electron chi connectivity index (χ4n) is 3.57. The number of fused-ring (bicyclic) bond motifs is 1. The van der Waals surface area contributed by atoms with E-state index in [9.17, 15) is 4.79 Å². The Labute approximate surface area is 176 Å². The molecule has 0 radical (unpaired) electrons. The van der Waals surface area contributed by atoms with Gasteiger partial charge in [-0.2, -0.15) is 0 Å². The molecule has 0 amide bonds. The lowest BCUT2D eigenvalue weighted by Gasteiger charge is -2.00. The quantitative estimate of drug-likeness (QED) is 0.473. The average molecular weight is 414 g/mol. The van der Waals surface area contributed by atoms with Crippen molar-refractivity contribution in [1.29, 1.82) is 0 Å². The van der Waals surface area contributed by atoms with Crippen molar-refractivity contribution in [2.24, 2.45) is 0 Å². The molecule has 5 rings (SSSR count). The summed E-state index contributed by atoms with van der Waals surface area (Å²) in [6.45, 7) is 4.04. The normalized spacial score (nSPS) is 11.3. The van der Waals surface area contributed by atoms with Crippen LogP contribution in [0.5, 0.6) is 0 Å². The van der Waals surface area contributed by atoms with Gasteiger partial charge in [0.1, 0.15) is 5.01 Å². The van der Waals surface area contributed by atoms with Crippen molar-refractivity contribution >= 4 is 17.0 Å². The number of hydrogen-bond donors (Lipinski definition) is 1. The maximum atomic E-state index is 12.7. The standard InChI is InChI=1S/C23H19N5OS/c1-14-4-3-5-17(10-14)21-15(2)22-25-18(12-20(29)28(22)27-21)11-19-13-30-23(26-19)16-6-8-24-9-7-16/h3-10,12-13,27H,11H2,1-2H3. The fourth-order valence-corrected chi connectivity index (χ4v) is 4.40. The molecule has 1 N–H and O–H groups in total. The minimum Gasteiger partial charge on any atom is -0.289 e. The van der Waals surface area contributed by atoms with E-state index in [1.807, 2.05) is 36.6 Å². The van der Waals surface area contributed by atoms with Crippen LogP contribution < -0.4 is 5.56 Å². The van der Waals surface area contributed by atoms with E-state index < -0.39 is 0 Å². The van der Waals surface area contributed by atoms with Crippen LogP contribution in [0, 0.1) is 13.8 Å². The monoisotopic (exact) mass is 413 g/mol. The second-order valence-electron chi connectivity index (χ2n) is 7.28. The molecule has 0 bridgehead atoms. The van der Waals surface area contributed by atoms with Crippen LogP contribution in [0.2, 0.25) is 0 Å². The first-order valence-corrected chi connectivity index (χ1v) is 10.5. The number of H-pyrrole nitrogens is 1. The van der Waals surface area contributed by atoms with E-state index in [-0.39, 0.29) is 5.56 Å². The number of nitrogens with one attached hydrogen (secondary N) is 1. The number of aryl methyl sites for hydroxylation is 2. The highest BCUT2D eigenvalue weighted by atomic mass is 32.1. The van der Waals surface area contributed by atoms with Crippen molar-refractivity contribution in [3.05, 3.63) is 93.1 Å². The van der Waals surface area contributed by atoms with Crippen LogP contribution in [0.25, 0.3) is 27.5 Å². The minimum absolute atomic E-state index is 0.124. The molecule has 0 saturated carbocycles. The van der Waals surface area contributed by atoms with Gasteiger partial charge in [-0.15, -0.1) is 11.3 Å². The van der Waals surface area contributed by atoms with Crippen LogP contribution in [0.1, 0.15) is 22.5 Å². The molecular formula is C23H19N5OS. The van der Waals surface area contributed by atoms with Crippen molar-refractivity contribution in [2.75, 3.05) is 0 Å². The van der Waals surface area contributed by atoms with Crippen LogP contribution in [0.15, 0.2) is 65.0 Å². The zero-order valence-corrected chi connectivity index (χ0v) is 17.4. The second kappa shape index (κ2) is 7.35. The van der Waals surface area contributed by atoms with Crippen LogP contribution in [-0.2, 0) is 6.42 Å². The summed E-state index contributed by atoms with van der Waals surface area (Å²) >= 11 is 1.58. The molecule has 0 aliphatic carbocycles. The predicted molar refractivity (Wildman–Crippen MR) is 119 cm³/mol. The zero-order chi connectivity index (χ0) is 20.7. The first kappa shape index (κ1) is 18.4. The summed E-state index contributed by atoms with van der Waals surface area (Å²) in [5.41, 5.74) is 7.25. The molecule has 0 saturated heterocycles. The molecule has 0 atom stereocenters. The lowest BCUT2D eigenvalue weighted by molar-refractivity contribution is 0.880. The highest BCUT2D eigenvalue weighted by Gasteiger charge is 2.14. The van der Waals surface area contributed by atoms with Crippen LogP contribution in [0.3, 0.4) is 0 Å². The topological polar surface area (TPSA) is 75.9 Å². The van der Waals surface area contributed by atoms with E-state index in [0.717, 1.165) is 33.1 Å². The second-order valence-corrected chi connectivity index (χ2v) is 8.14. The molecule has 6 nitrogen and oxygen atoms in total. The molecule has 4 heterocycles. The van der Waals surface area contributed by atoms with Crippen LogP contribution >= 0.6 is 11.3 Å². The number of nitrogens with zero attached hydrogens (tertiary/aromatic N) is 4. The Kier molecular flexibility index (Phi) is 4.52. The lowest BCUT2D eigenvalue weighted by Crippen LogP contribution is -2.16. The van der Waals surface area contributed by atoms with E-state index in [2.05, 4.69) is 29.1 Å². The van der Waals surface area contributed by atoms with E-state index >= 15 is 0 Å². The van der Waals surface area contributed by atoms with Crippen molar-refractivity contribution < 1.29 is 0 Å². The first-order valence-electron chi connectivity index (χ1n) is 9.61. The third kappa shape index (κ3) is 3.33. The number of rotatable bonds is 4. The van der Waals surface area contributed by atoms with Gasteiger partial charge in [0.2, 0.25) is 0 Å². The number of benzene rings is 1. The smallest absolute Gasteiger partial charge is 0.272 e. The highest BCUT2D eigenvalue weighted by molar-refractivity contribution is 7.13. The Morgan fingerprint density at radius 1 is 1.00 bits per heavy atom. The van der Waals surface area contributed by atoms with Crippen molar-refractivity contribution in [1.82, 2.24) is 24.6 Å². The summed E-state index contributed by atoms with van der Waals surface area (Å²) in [7, 11) is 0. The van der Waals surface area contributed by atoms with Crippen LogP contribution in [0.4, 0.5) is 0 Å². The number of aromatic nitrogens is 5. The summed E-state index contributed by atoms with van der Waals surface area (Å²) < 4.78 is 1.51. The number of aromatic amines is 1. The first-order chi connectivity index (χ1) is 14.6.